The van der Waals surface area contributed by atoms with Crippen LogP contribution in [0.15, 0.2) is 121 Å². The molecule has 0 saturated carbocycles. The minimum absolute atomic E-state index is 0.562. The molecule has 0 N–H and O–H groups in total. The molecular formula is C29H31P. The Morgan fingerprint density at radius 2 is 0.833 bits per heavy atom. The van der Waals surface area contributed by atoms with Gasteiger partial charge in [0, 0.05) is 0 Å². The SMILES string of the molecule is CC(C)CP(Cc1ccccc1)(c1ccccc1)(c1ccccc1)c1ccccc1. The van der Waals surface area contributed by atoms with Crippen molar-refractivity contribution in [3.05, 3.63) is 127 Å². The van der Waals surface area contributed by atoms with E-state index in [0.29, 0.717) is 5.92 Å². The van der Waals surface area contributed by atoms with Gasteiger partial charge in [-0.3, -0.25) is 0 Å². The Balaban J connectivity index is 2.17. The van der Waals surface area contributed by atoms with Crippen molar-refractivity contribution in [3.63, 3.8) is 0 Å². The third kappa shape index (κ3) is 3.51. The fourth-order valence-corrected chi connectivity index (χ4v) is 12.8. The predicted octanol–water partition coefficient (Wildman–Crippen LogP) is 6.37. The Morgan fingerprint density at radius 3 is 1.17 bits per heavy atom. The second-order valence-corrected chi connectivity index (χ2v) is 14.0. The summed E-state index contributed by atoms with van der Waals surface area (Å²) in [5.74, 6) is 0.562. The van der Waals surface area contributed by atoms with E-state index < -0.39 is 6.60 Å². The first-order valence-electron chi connectivity index (χ1n) is 10.9. The molecule has 0 aliphatic carbocycles. The summed E-state index contributed by atoms with van der Waals surface area (Å²) >= 11 is 0. The van der Waals surface area contributed by atoms with Crippen molar-refractivity contribution in [2.45, 2.75) is 20.0 Å². The van der Waals surface area contributed by atoms with E-state index in [1.807, 2.05) is 0 Å². The molecule has 0 aromatic heterocycles. The van der Waals surface area contributed by atoms with Crippen LogP contribution in [-0.4, -0.2) is 6.16 Å². The van der Waals surface area contributed by atoms with Gasteiger partial charge in [0.1, 0.15) is 0 Å². The molecule has 4 aromatic carbocycles. The van der Waals surface area contributed by atoms with E-state index in [-0.39, 0.29) is 0 Å². The Bertz CT molecular complexity index is 955. The molecule has 0 aliphatic rings. The molecule has 4 rings (SSSR count). The zero-order chi connectivity index (χ0) is 20.9. The molecule has 30 heavy (non-hydrogen) atoms. The Hall–Kier alpha value is -2.69. The second kappa shape index (κ2) is 8.58. The van der Waals surface area contributed by atoms with Crippen molar-refractivity contribution in [1.82, 2.24) is 0 Å². The van der Waals surface area contributed by atoms with Crippen molar-refractivity contribution in [3.8, 4) is 0 Å². The van der Waals surface area contributed by atoms with Gasteiger partial charge in [-0.2, -0.15) is 0 Å². The summed E-state index contributed by atoms with van der Waals surface area (Å²) in [6.07, 6.45) is 2.20. The first kappa shape index (κ1) is 20.6. The van der Waals surface area contributed by atoms with Crippen LogP contribution in [0.5, 0.6) is 0 Å². The molecule has 1 heteroatoms. The topological polar surface area (TPSA) is 0 Å². The van der Waals surface area contributed by atoms with E-state index in [9.17, 15) is 0 Å². The Kier molecular flexibility index (Phi) is 5.89. The molecule has 4 aromatic rings. The van der Waals surface area contributed by atoms with Crippen molar-refractivity contribution < 1.29 is 0 Å². The maximum atomic E-state index is 2.38. The third-order valence-electron chi connectivity index (χ3n) is 6.28. The predicted molar refractivity (Wildman–Crippen MR) is 135 cm³/mol. The molecule has 0 bridgehead atoms. The minimum atomic E-state index is -2.80. The van der Waals surface area contributed by atoms with Crippen LogP contribution in [0.4, 0.5) is 0 Å². The second-order valence-electron chi connectivity index (χ2n) is 8.73. The number of hydrogen-bond donors (Lipinski definition) is 0. The summed E-state index contributed by atoms with van der Waals surface area (Å²) in [4.78, 5) is 0. The normalized spacial score (nSPS) is 13.0. The average Bonchev–Trinajstić information content (AvgIpc) is 2.81. The van der Waals surface area contributed by atoms with Gasteiger partial charge in [0.2, 0.25) is 0 Å². The molecule has 0 spiro atoms. The molecule has 0 fully saturated rings. The van der Waals surface area contributed by atoms with E-state index >= 15 is 0 Å². The van der Waals surface area contributed by atoms with E-state index in [1.54, 1.807) is 0 Å². The van der Waals surface area contributed by atoms with Crippen LogP contribution in [0.3, 0.4) is 0 Å². The van der Waals surface area contributed by atoms with Gasteiger partial charge in [-0.05, 0) is 0 Å². The molecule has 0 atom stereocenters. The fourth-order valence-electron chi connectivity index (χ4n) is 5.26. The standard InChI is InChI=1S/C29H31P/c1-25(2)23-30(27-17-9-4-10-18-27,28-19-11-5-12-20-28,29-21-13-6-14-22-29)24-26-15-7-3-8-16-26/h3-22,25H,23-24H2,1-2H3. The number of rotatable bonds is 7. The number of benzene rings is 4. The summed E-state index contributed by atoms with van der Waals surface area (Å²) in [6.45, 7) is 1.95. The van der Waals surface area contributed by atoms with Crippen molar-refractivity contribution in [2.24, 2.45) is 5.92 Å². The molecule has 0 radical (unpaired) electrons. The molecule has 0 heterocycles. The van der Waals surface area contributed by atoms with Gasteiger partial charge in [-0.25, -0.2) is 0 Å². The van der Waals surface area contributed by atoms with Crippen LogP contribution in [0, 0.1) is 5.92 Å². The van der Waals surface area contributed by atoms with Crippen LogP contribution < -0.4 is 15.9 Å². The van der Waals surface area contributed by atoms with Crippen LogP contribution in [0.1, 0.15) is 19.4 Å². The summed E-state index contributed by atoms with van der Waals surface area (Å²) in [7, 11) is 0. The monoisotopic (exact) mass is 410 g/mol. The summed E-state index contributed by atoms with van der Waals surface area (Å²) in [5, 5.41) is 4.45. The molecule has 0 aliphatic heterocycles. The molecule has 0 nitrogen and oxygen atoms in total. The first-order chi connectivity index (χ1) is 14.6. The summed E-state index contributed by atoms with van der Waals surface area (Å²) in [5.41, 5.74) is 1.41. The molecule has 152 valence electrons. The van der Waals surface area contributed by atoms with Gasteiger partial charge < -0.3 is 0 Å². The molecular weight excluding hydrogens is 379 g/mol. The average molecular weight is 411 g/mol. The van der Waals surface area contributed by atoms with Crippen molar-refractivity contribution in [1.29, 1.82) is 0 Å². The van der Waals surface area contributed by atoms with Gasteiger partial charge in [0.15, 0.2) is 0 Å². The van der Waals surface area contributed by atoms with Crippen LogP contribution >= 0.6 is 6.60 Å². The van der Waals surface area contributed by atoms with Crippen LogP contribution in [-0.2, 0) is 6.16 Å². The molecule has 0 saturated heterocycles. The zero-order valence-electron chi connectivity index (χ0n) is 18.0. The Morgan fingerprint density at radius 1 is 0.500 bits per heavy atom. The van der Waals surface area contributed by atoms with Gasteiger partial charge >= 0.3 is 181 Å². The first-order valence-corrected chi connectivity index (χ1v) is 13.5. The van der Waals surface area contributed by atoms with Gasteiger partial charge in [0.05, 0.1) is 0 Å². The zero-order valence-corrected chi connectivity index (χ0v) is 18.9. The van der Waals surface area contributed by atoms with E-state index in [2.05, 4.69) is 135 Å². The quantitative estimate of drug-likeness (QED) is 0.311. The van der Waals surface area contributed by atoms with Crippen LogP contribution in [0.2, 0.25) is 0 Å². The Labute approximate surface area is 181 Å². The summed E-state index contributed by atoms with van der Waals surface area (Å²) < 4.78 is 0. The van der Waals surface area contributed by atoms with E-state index in [0.717, 1.165) is 12.3 Å². The maximum absolute atomic E-state index is 2.80. The fraction of sp³-hybridized carbons (Fsp3) is 0.172. The summed E-state index contributed by atoms with van der Waals surface area (Å²) in [6, 6.07) is 45.1. The third-order valence-corrected chi connectivity index (χ3v) is 13.5. The van der Waals surface area contributed by atoms with Crippen molar-refractivity contribution >= 4 is 22.5 Å². The van der Waals surface area contributed by atoms with Gasteiger partial charge in [-0.1, -0.05) is 0 Å². The van der Waals surface area contributed by atoms with Crippen LogP contribution in [0.25, 0.3) is 0 Å². The van der Waals surface area contributed by atoms with E-state index in [1.165, 1.54) is 21.5 Å². The van der Waals surface area contributed by atoms with Gasteiger partial charge in [-0.15, -0.1) is 0 Å². The van der Waals surface area contributed by atoms with Crippen molar-refractivity contribution in [2.75, 3.05) is 6.16 Å². The molecule has 0 amide bonds. The van der Waals surface area contributed by atoms with E-state index in [4.69, 9.17) is 0 Å². The molecule has 0 unspecified atom stereocenters. The van der Waals surface area contributed by atoms with Gasteiger partial charge in [0.25, 0.3) is 0 Å². The number of hydrogen-bond acceptors (Lipinski definition) is 0.